The Kier molecular flexibility index (Phi) is 12.5. The van der Waals surface area contributed by atoms with Crippen LogP contribution in [-0.4, -0.2) is 11.7 Å². The summed E-state index contributed by atoms with van der Waals surface area (Å²) in [6, 6.07) is 20.7. The summed E-state index contributed by atoms with van der Waals surface area (Å²) in [7, 11) is 0. The third-order valence-electron chi connectivity index (χ3n) is 6.00. The van der Waals surface area contributed by atoms with Gasteiger partial charge in [-0.25, -0.2) is 0 Å². The number of hydrogen-bond acceptors (Lipinski definition) is 2. The van der Waals surface area contributed by atoms with E-state index in [2.05, 4.69) is 43.3 Å². The highest BCUT2D eigenvalue weighted by molar-refractivity contribution is 5.22. The molecule has 30 heavy (non-hydrogen) atoms. The Balaban J connectivity index is 1.64. The van der Waals surface area contributed by atoms with Gasteiger partial charge >= 0.3 is 0 Å². The lowest BCUT2D eigenvalue weighted by atomic mass is 9.83. The molecule has 1 unspecified atom stereocenters. The van der Waals surface area contributed by atoms with Gasteiger partial charge < -0.3 is 9.84 Å². The van der Waals surface area contributed by atoms with Crippen molar-refractivity contribution in [2.75, 3.05) is 6.61 Å². The Morgan fingerprint density at radius 2 is 1.20 bits per heavy atom. The summed E-state index contributed by atoms with van der Waals surface area (Å²) in [5.74, 6) is 0. The van der Waals surface area contributed by atoms with Crippen molar-refractivity contribution < 1.29 is 9.84 Å². The van der Waals surface area contributed by atoms with Crippen LogP contribution < -0.4 is 0 Å². The van der Waals surface area contributed by atoms with Crippen LogP contribution in [0.15, 0.2) is 60.7 Å². The van der Waals surface area contributed by atoms with Gasteiger partial charge in [0.05, 0.1) is 12.2 Å². The summed E-state index contributed by atoms with van der Waals surface area (Å²) < 4.78 is 5.78. The Hall–Kier alpha value is -1.64. The minimum Gasteiger partial charge on any atom is -0.385 e. The quantitative estimate of drug-likeness (QED) is 0.270. The molecule has 0 aliphatic rings. The second-order valence-electron chi connectivity index (χ2n) is 8.62. The van der Waals surface area contributed by atoms with Gasteiger partial charge in [-0.05, 0) is 30.4 Å². The van der Waals surface area contributed by atoms with E-state index in [1.165, 1.54) is 37.7 Å². The minimum atomic E-state index is -0.671. The second-order valence-corrected chi connectivity index (χ2v) is 8.62. The number of unbranched alkanes of at least 4 members (excludes halogenated alkanes) is 8. The molecule has 2 heteroatoms. The number of aliphatic hydroxyl groups is 1. The molecule has 2 aromatic rings. The molecular weight excluding hydrogens is 368 g/mol. The zero-order valence-corrected chi connectivity index (χ0v) is 19.0. The van der Waals surface area contributed by atoms with Crippen molar-refractivity contribution in [3.63, 3.8) is 0 Å². The van der Waals surface area contributed by atoms with Gasteiger partial charge in [-0.1, -0.05) is 125 Å². The summed E-state index contributed by atoms with van der Waals surface area (Å²) >= 11 is 0. The van der Waals surface area contributed by atoms with Gasteiger partial charge in [0.15, 0.2) is 0 Å². The van der Waals surface area contributed by atoms with Crippen molar-refractivity contribution >= 4 is 0 Å². The van der Waals surface area contributed by atoms with Crippen molar-refractivity contribution in [3.8, 4) is 0 Å². The van der Waals surface area contributed by atoms with E-state index in [0.717, 1.165) is 57.1 Å². The molecule has 2 nitrogen and oxygen atoms in total. The van der Waals surface area contributed by atoms with Crippen LogP contribution in [0.5, 0.6) is 0 Å². The first kappa shape index (κ1) is 24.6. The zero-order valence-electron chi connectivity index (χ0n) is 19.0. The molecule has 1 atom stereocenters. The van der Waals surface area contributed by atoms with Crippen LogP contribution in [0, 0.1) is 0 Å². The maximum Gasteiger partial charge on any atom is 0.0896 e. The van der Waals surface area contributed by atoms with Crippen LogP contribution in [0.4, 0.5) is 0 Å². The Bertz CT molecular complexity index is 640. The third kappa shape index (κ3) is 9.91. The van der Waals surface area contributed by atoms with E-state index in [1.54, 1.807) is 0 Å². The van der Waals surface area contributed by atoms with Gasteiger partial charge in [-0.15, -0.1) is 0 Å². The first-order valence-corrected chi connectivity index (χ1v) is 12.1. The van der Waals surface area contributed by atoms with E-state index in [1.807, 2.05) is 24.3 Å². The average Bonchev–Trinajstić information content (AvgIpc) is 2.79. The molecule has 0 amide bonds. The fraction of sp³-hybridized carbons (Fsp3) is 0.571. The maximum absolute atomic E-state index is 11.4. The molecule has 0 radical (unpaired) electrons. The predicted octanol–water partition coefficient (Wildman–Crippen LogP) is 7.79. The Morgan fingerprint density at radius 1 is 0.667 bits per heavy atom. The summed E-state index contributed by atoms with van der Waals surface area (Å²) in [6.07, 6.45) is 13.8. The van der Waals surface area contributed by atoms with Gasteiger partial charge in [-0.3, -0.25) is 0 Å². The average molecular weight is 411 g/mol. The highest BCUT2D eigenvalue weighted by atomic mass is 16.5. The van der Waals surface area contributed by atoms with Crippen LogP contribution >= 0.6 is 0 Å². The van der Waals surface area contributed by atoms with Crippen molar-refractivity contribution in [1.29, 1.82) is 0 Å². The SMILES string of the molecule is CCCCCCCCC(O)(CCCCCCOCc1ccccc1)c1ccccc1. The van der Waals surface area contributed by atoms with Crippen LogP contribution in [0.25, 0.3) is 0 Å². The molecule has 166 valence electrons. The van der Waals surface area contributed by atoms with Gasteiger partial charge in [0, 0.05) is 6.61 Å². The standard InChI is InChI=1S/C28H42O2/c1-2-3-4-5-6-15-22-28(29,27-20-13-10-14-21-27)23-16-7-8-17-24-30-25-26-18-11-9-12-19-26/h9-14,18-21,29H,2-8,15-17,22-25H2,1H3. The number of benzene rings is 2. The molecule has 0 aliphatic carbocycles. The highest BCUT2D eigenvalue weighted by Gasteiger charge is 2.27. The highest BCUT2D eigenvalue weighted by Crippen LogP contribution is 2.33. The number of ether oxygens (including phenoxy) is 1. The van der Waals surface area contributed by atoms with E-state index >= 15 is 0 Å². The Labute approximate surface area is 184 Å². The monoisotopic (exact) mass is 410 g/mol. The van der Waals surface area contributed by atoms with E-state index in [0.29, 0.717) is 6.61 Å². The molecule has 0 aromatic heterocycles. The summed E-state index contributed by atoms with van der Waals surface area (Å²) in [5.41, 5.74) is 1.65. The molecule has 2 aromatic carbocycles. The van der Waals surface area contributed by atoms with E-state index in [-0.39, 0.29) is 0 Å². The largest absolute Gasteiger partial charge is 0.385 e. The lowest BCUT2D eigenvalue weighted by molar-refractivity contribution is 0.0130. The van der Waals surface area contributed by atoms with Crippen molar-refractivity contribution in [3.05, 3.63) is 71.8 Å². The lowest BCUT2D eigenvalue weighted by Gasteiger charge is -2.29. The van der Waals surface area contributed by atoms with Crippen molar-refractivity contribution in [2.24, 2.45) is 0 Å². The lowest BCUT2D eigenvalue weighted by Crippen LogP contribution is -2.25. The Morgan fingerprint density at radius 3 is 1.83 bits per heavy atom. The fourth-order valence-electron chi connectivity index (χ4n) is 4.10. The third-order valence-corrected chi connectivity index (χ3v) is 6.00. The summed E-state index contributed by atoms with van der Waals surface area (Å²) in [5, 5.41) is 11.4. The minimum absolute atomic E-state index is 0.671. The molecule has 0 fully saturated rings. The van der Waals surface area contributed by atoms with E-state index in [9.17, 15) is 5.11 Å². The van der Waals surface area contributed by atoms with Crippen LogP contribution in [-0.2, 0) is 16.9 Å². The molecule has 0 aliphatic heterocycles. The second kappa shape index (κ2) is 15.2. The molecule has 0 bridgehead atoms. The first-order chi connectivity index (χ1) is 14.7. The number of hydrogen-bond donors (Lipinski definition) is 1. The molecule has 0 saturated heterocycles. The van der Waals surface area contributed by atoms with Crippen LogP contribution in [0.3, 0.4) is 0 Å². The normalized spacial score (nSPS) is 13.3. The molecule has 1 N–H and O–H groups in total. The molecule has 0 spiro atoms. The van der Waals surface area contributed by atoms with Gasteiger partial charge in [0.2, 0.25) is 0 Å². The van der Waals surface area contributed by atoms with E-state index in [4.69, 9.17) is 4.74 Å². The van der Waals surface area contributed by atoms with Crippen LogP contribution in [0.2, 0.25) is 0 Å². The molecule has 2 rings (SSSR count). The smallest absolute Gasteiger partial charge is 0.0896 e. The zero-order chi connectivity index (χ0) is 21.3. The summed E-state index contributed by atoms with van der Waals surface area (Å²) in [6.45, 7) is 3.77. The fourth-order valence-corrected chi connectivity index (χ4v) is 4.10. The van der Waals surface area contributed by atoms with E-state index < -0.39 is 5.60 Å². The summed E-state index contributed by atoms with van der Waals surface area (Å²) in [4.78, 5) is 0. The van der Waals surface area contributed by atoms with Gasteiger partial charge in [0.1, 0.15) is 0 Å². The van der Waals surface area contributed by atoms with Gasteiger partial charge in [-0.2, -0.15) is 0 Å². The maximum atomic E-state index is 11.4. The predicted molar refractivity (Wildman–Crippen MR) is 128 cm³/mol. The van der Waals surface area contributed by atoms with Crippen molar-refractivity contribution in [2.45, 2.75) is 96.2 Å². The first-order valence-electron chi connectivity index (χ1n) is 12.1. The van der Waals surface area contributed by atoms with Gasteiger partial charge in [0.25, 0.3) is 0 Å². The van der Waals surface area contributed by atoms with Crippen molar-refractivity contribution in [1.82, 2.24) is 0 Å². The molecular formula is C28H42O2. The molecule has 0 heterocycles. The molecule has 0 saturated carbocycles. The van der Waals surface area contributed by atoms with Crippen LogP contribution in [0.1, 0.15) is 95.1 Å². The number of rotatable bonds is 17. The topological polar surface area (TPSA) is 29.5 Å².